The highest BCUT2D eigenvalue weighted by molar-refractivity contribution is 6.32. The molecular formula is C14H11ClN2O. The van der Waals surface area contributed by atoms with Crippen molar-refractivity contribution in [2.24, 2.45) is 0 Å². The predicted octanol–water partition coefficient (Wildman–Crippen LogP) is 3.53. The molecular weight excluding hydrogens is 248 g/mol. The van der Waals surface area contributed by atoms with E-state index >= 15 is 0 Å². The van der Waals surface area contributed by atoms with Crippen LogP contribution >= 0.6 is 11.6 Å². The number of hydrogen-bond acceptors (Lipinski definition) is 3. The summed E-state index contributed by atoms with van der Waals surface area (Å²) in [5.74, 6) is 0.0862. The normalized spacial score (nSPS) is 9.78. The minimum Gasteiger partial charge on any atom is -0.506 e. The fraction of sp³-hybridized carbons (Fsp3) is 0.0714. The van der Waals surface area contributed by atoms with Gasteiger partial charge >= 0.3 is 0 Å². The second-order valence-electron chi connectivity index (χ2n) is 3.79. The first-order valence-electron chi connectivity index (χ1n) is 5.41. The molecule has 0 saturated carbocycles. The van der Waals surface area contributed by atoms with E-state index in [1.165, 1.54) is 0 Å². The van der Waals surface area contributed by atoms with E-state index in [0.717, 1.165) is 5.69 Å². The first kappa shape index (κ1) is 12.3. The maximum Gasteiger partial charge on any atom is 0.139 e. The molecule has 0 unspecified atom stereocenters. The van der Waals surface area contributed by atoms with Gasteiger partial charge in [0, 0.05) is 17.8 Å². The molecule has 2 aromatic carbocycles. The van der Waals surface area contributed by atoms with Gasteiger partial charge in [0.25, 0.3) is 0 Å². The van der Waals surface area contributed by atoms with Gasteiger partial charge in [-0.25, -0.2) is 0 Å². The second kappa shape index (κ2) is 5.44. The highest BCUT2D eigenvalue weighted by Gasteiger charge is 2.04. The van der Waals surface area contributed by atoms with Gasteiger partial charge in [-0.3, -0.25) is 0 Å². The quantitative estimate of drug-likeness (QED) is 0.886. The van der Waals surface area contributed by atoms with Crippen LogP contribution in [0.3, 0.4) is 0 Å². The van der Waals surface area contributed by atoms with Crippen LogP contribution in [0, 0.1) is 11.3 Å². The number of aromatic hydroxyl groups is 1. The Kier molecular flexibility index (Phi) is 3.71. The van der Waals surface area contributed by atoms with Crippen molar-refractivity contribution in [1.29, 1.82) is 5.26 Å². The standard InChI is InChI=1S/C14H11ClN2O/c15-13-6-2-4-11(14(13)18)9-17-12-5-1-3-10(7-12)8-16/h1-7,17-18H,9H2. The summed E-state index contributed by atoms with van der Waals surface area (Å²) in [6.07, 6.45) is 0. The van der Waals surface area contributed by atoms with Crippen molar-refractivity contribution in [2.75, 3.05) is 5.32 Å². The largest absolute Gasteiger partial charge is 0.506 e. The van der Waals surface area contributed by atoms with Gasteiger partial charge in [-0.1, -0.05) is 29.8 Å². The van der Waals surface area contributed by atoms with Crippen molar-refractivity contribution < 1.29 is 5.11 Å². The Balaban J connectivity index is 2.12. The Labute approximate surface area is 110 Å². The molecule has 0 amide bonds. The number of halogens is 1. The van der Waals surface area contributed by atoms with Crippen LogP contribution in [0.1, 0.15) is 11.1 Å². The molecule has 2 N–H and O–H groups in total. The van der Waals surface area contributed by atoms with Gasteiger partial charge in [-0.05, 0) is 24.3 Å². The molecule has 0 fully saturated rings. The van der Waals surface area contributed by atoms with Gasteiger partial charge in [-0.2, -0.15) is 5.26 Å². The van der Waals surface area contributed by atoms with Crippen LogP contribution < -0.4 is 5.32 Å². The van der Waals surface area contributed by atoms with Gasteiger partial charge < -0.3 is 10.4 Å². The van der Waals surface area contributed by atoms with Crippen molar-refractivity contribution in [3.05, 3.63) is 58.6 Å². The molecule has 0 aliphatic rings. The van der Waals surface area contributed by atoms with Crippen molar-refractivity contribution in [3.8, 4) is 11.8 Å². The van der Waals surface area contributed by atoms with Crippen LogP contribution in [0.5, 0.6) is 5.75 Å². The Morgan fingerprint density at radius 1 is 1.22 bits per heavy atom. The van der Waals surface area contributed by atoms with Crippen LogP contribution in [-0.4, -0.2) is 5.11 Å². The first-order valence-corrected chi connectivity index (χ1v) is 5.79. The molecule has 0 radical (unpaired) electrons. The summed E-state index contributed by atoms with van der Waals surface area (Å²) in [7, 11) is 0. The SMILES string of the molecule is N#Cc1cccc(NCc2cccc(Cl)c2O)c1. The maximum atomic E-state index is 9.75. The lowest BCUT2D eigenvalue weighted by molar-refractivity contribution is 0.469. The molecule has 0 bridgehead atoms. The number of phenols is 1. The summed E-state index contributed by atoms with van der Waals surface area (Å²) in [5.41, 5.74) is 2.13. The van der Waals surface area contributed by atoms with Crippen LogP contribution in [0.15, 0.2) is 42.5 Å². The zero-order chi connectivity index (χ0) is 13.0. The fourth-order valence-corrected chi connectivity index (χ4v) is 1.79. The zero-order valence-electron chi connectivity index (χ0n) is 9.52. The van der Waals surface area contributed by atoms with Crippen molar-refractivity contribution >= 4 is 17.3 Å². The number of para-hydroxylation sites is 1. The van der Waals surface area contributed by atoms with E-state index in [2.05, 4.69) is 11.4 Å². The van der Waals surface area contributed by atoms with E-state index in [9.17, 15) is 5.11 Å². The Hall–Kier alpha value is -2.18. The molecule has 0 aliphatic carbocycles. The van der Waals surface area contributed by atoms with Crippen molar-refractivity contribution in [2.45, 2.75) is 6.54 Å². The topological polar surface area (TPSA) is 56.0 Å². The van der Waals surface area contributed by atoms with E-state index in [1.807, 2.05) is 6.07 Å². The highest BCUT2D eigenvalue weighted by Crippen LogP contribution is 2.27. The average molecular weight is 259 g/mol. The van der Waals surface area contributed by atoms with Crippen LogP contribution in [0.4, 0.5) is 5.69 Å². The van der Waals surface area contributed by atoms with Crippen LogP contribution in [0.2, 0.25) is 5.02 Å². The lowest BCUT2D eigenvalue weighted by Crippen LogP contribution is -1.99. The summed E-state index contributed by atoms with van der Waals surface area (Å²) in [6.45, 7) is 0.446. The molecule has 2 rings (SSSR count). The van der Waals surface area contributed by atoms with E-state index < -0.39 is 0 Å². The third kappa shape index (κ3) is 2.73. The third-order valence-electron chi connectivity index (χ3n) is 2.54. The summed E-state index contributed by atoms with van der Waals surface area (Å²) in [4.78, 5) is 0. The predicted molar refractivity (Wildman–Crippen MR) is 71.6 cm³/mol. The molecule has 0 saturated heterocycles. The molecule has 0 heterocycles. The van der Waals surface area contributed by atoms with Crippen LogP contribution in [0.25, 0.3) is 0 Å². The molecule has 3 nitrogen and oxygen atoms in total. The van der Waals surface area contributed by atoms with Gasteiger partial charge in [0.2, 0.25) is 0 Å². The summed E-state index contributed by atoms with van der Waals surface area (Å²) >= 11 is 5.82. The summed E-state index contributed by atoms with van der Waals surface area (Å²) < 4.78 is 0. The number of anilines is 1. The number of nitriles is 1. The van der Waals surface area contributed by atoms with E-state index in [1.54, 1.807) is 36.4 Å². The maximum absolute atomic E-state index is 9.75. The zero-order valence-corrected chi connectivity index (χ0v) is 10.3. The molecule has 0 aliphatic heterocycles. The minimum atomic E-state index is 0.0862. The lowest BCUT2D eigenvalue weighted by Gasteiger charge is -2.09. The molecule has 2 aromatic rings. The van der Waals surface area contributed by atoms with Crippen molar-refractivity contribution in [1.82, 2.24) is 0 Å². The molecule has 0 aromatic heterocycles. The number of nitrogens with zero attached hydrogens (tertiary/aromatic N) is 1. The molecule has 0 atom stereocenters. The smallest absolute Gasteiger partial charge is 0.139 e. The molecule has 4 heteroatoms. The summed E-state index contributed by atoms with van der Waals surface area (Å²) in [6, 6.07) is 14.4. The first-order chi connectivity index (χ1) is 8.70. The minimum absolute atomic E-state index is 0.0862. The van der Waals surface area contributed by atoms with Gasteiger partial charge in [0.1, 0.15) is 5.75 Å². The second-order valence-corrected chi connectivity index (χ2v) is 4.20. The molecule has 18 heavy (non-hydrogen) atoms. The number of hydrogen-bond donors (Lipinski definition) is 2. The monoisotopic (exact) mass is 258 g/mol. The lowest BCUT2D eigenvalue weighted by atomic mass is 10.2. The van der Waals surface area contributed by atoms with Crippen LogP contribution in [-0.2, 0) is 6.54 Å². The van der Waals surface area contributed by atoms with Gasteiger partial charge in [-0.15, -0.1) is 0 Å². The molecule has 0 spiro atoms. The van der Waals surface area contributed by atoms with Gasteiger partial charge in [0.05, 0.1) is 16.7 Å². The Morgan fingerprint density at radius 2 is 2.00 bits per heavy atom. The number of phenolic OH excluding ortho intramolecular Hbond substituents is 1. The van der Waals surface area contributed by atoms with E-state index in [4.69, 9.17) is 16.9 Å². The van der Waals surface area contributed by atoms with E-state index in [-0.39, 0.29) is 5.75 Å². The number of nitrogens with one attached hydrogen (secondary N) is 1. The molecule has 90 valence electrons. The summed E-state index contributed by atoms with van der Waals surface area (Å²) in [5, 5.41) is 22.0. The number of benzene rings is 2. The number of rotatable bonds is 3. The van der Waals surface area contributed by atoms with E-state index in [0.29, 0.717) is 22.7 Å². The highest BCUT2D eigenvalue weighted by atomic mass is 35.5. The van der Waals surface area contributed by atoms with Gasteiger partial charge in [0.15, 0.2) is 0 Å². The third-order valence-corrected chi connectivity index (χ3v) is 2.85. The Bertz CT molecular complexity index is 605. The van der Waals surface area contributed by atoms with Crippen molar-refractivity contribution in [3.63, 3.8) is 0 Å². The average Bonchev–Trinajstić information content (AvgIpc) is 2.41. The fourth-order valence-electron chi connectivity index (χ4n) is 1.60. The Morgan fingerprint density at radius 3 is 2.78 bits per heavy atom.